The van der Waals surface area contributed by atoms with E-state index >= 15 is 0 Å². The highest BCUT2D eigenvalue weighted by Gasteiger charge is 2.34. The minimum absolute atomic E-state index is 0.00568. The maximum atomic E-state index is 12.1. The summed E-state index contributed by atoms with van der Waals surface area (Å²) >= 11 is 0. The average Bonchev–Trinajstić information content (AvgIpc) is 2.90. The Hall–Kier alpha value is -2.30. The molecule has 2 amide bonds. The number of carbonyl (C=O) groups is 2. The lowest BCUT2D eigenvalue weighted by molar-refractivity contribution is -0.132. The Morgan fingerprint density at radius 3 is 2.81 bits per heavy atom. The van der Waals surface area contributed by atoms with Crippen molar-refractivity contribution in [1.82, 2.24) is 9.47 Å². The van der Waals surface area contributed by atoms with E-state index in [9.17, 15) is 9.59 Å². The second kappa shape index (κ2) is 4.91. The fourth-order valence-corrected chi connectivity index (χ4v) is 3.37. The van der Waals surface area contributed by atoms with Crippen LogP contribution in [-0.2, 0) is 16.6 Å². The van der Waals surface area contributed by atoms with E-state index in [2.05, 4.69) is 23.6 Å². The minimum Gasteiger partial charge on any atom is -0.368 e. The zero-order valence-electron chi connectivity index (χ0n) is 12.3. The van der Waals surface area contributed by atoms with Crippen molar-refractivity contribution in [2.24, 2.45) is 12.8 Å². The molecule has 1 aromatic heterocycles. The average molecular weight is 285 g/mol. The zero-order chi connectivity index (χ0) is 15.1. The van der Waals surface area contributed by atoms with Gasteiger partial charge in [0.15, 0.2) is 0 Å². The van der Waals surface area contributed by atoms with Crippen molar-refractivity contribution in [3.05, 3.63) is 35.5 Å². The molecule has 3 rings (SSSR count). The maximum absolute atomic E-state index is 12.1. The van der Waals surface area contributed by atoms with Crippen LogP contribution in [0.2, 0.25) is 0 Å². The number of aryl methyl sites for hydroxylation is 1. The normalized spacial score (nSPS) is 18.7. The number of nitrogens with zero attached hydrogens (tertiary/aromatic N) is 2. The molecule has 1 fully saturated rings. The van der Waals surface area contributed by atoms with E-state index in [1.165, 1.54) is 22.2 Å². The van der Waals surface area contributed by atoms with Crippen molar-refractivity contribution >= 4 is 22.7 Å². The Bertz CT molecular complexity index is 732. The zero-order valence-corrected chi connectivity index (χ0v) is 12.3. The lowest BCUT2D eigenvalue weighted by Crippen LogP contribution is -2.34. The van der Waals surface area contributed by atoms with Gasteiger partial charge in [-0.1, -0.05) is 18.2 Å². The van der Waals surface area contributed by atoms with E-state index in [0.717, 1.165) is 0 Å². The van der Waals surface area contributed by atoms with E-state index < -0.39 is 5.91 Å². The first-order valence-corrected chi connectivity index (χ1v) is 7.09. The Balaban J connectivity index is 2.01. The van der Waals surface area contributed by atoms with Crippen molar-refractivity contribution < 1.29 is 9.59 Å². The number of rotatable bonds is 3. The Kier molecular flexibility index (Phi) is 3.20. The molecule has 1 unspecified atom stereocenters. The number of primary amides is 1. The lowest BCUT2D eigenvalue weighted by atomic mass is 9.95. The number of amides is 2. The first-order chi connectivity index (χ1) is 9.99. The SMILES string of the molecule is Cc1c(C2CC(=O)N(CC(N)=O)C2)c2ccccc2n1C. The summed E-state index contributed by atoms with van der Waals surface area (Å²) in [7, 11) is 2.04. The quantitative estimate of drug-likeness (QED) is 0.923. The Morgan fingerprint density at radius 1 is 1.38 bits per heavy atom. The van der Waals surface area contributed by atoms with Crippen molar-refractivity contribution in [2.45, 2.75) is 19.3 Å². The van der Waals surface area contributed by atoms with Gasteiger partial charge in [-0.15, -0.1) is 0 Å². The van der Waals surface area contributed by atoms with Crippen molar-refractivity contribution in [2.75, 3.05) is 13.1 Å². The van der Waals surface area contributed by atoms with Crippen LogP contribution in [0.5, 0.6) is 0 Å². The third-order valence-corrected chi connectivity index (χ3v) is 4.42. The molecular formula is C16H19N3O2. The number of hydrogen-bond donors (Lipinski definition) is 1. The fraction of sp³-hybridized carbons (Fsp3) is 0.375. The van der Waals surface area contributed by atoms with Crippen LogP contribution < -0.4 is 5.73 Å². The summed E-state index contributed by atoms with van der Waals surface area (Å²) < 4.78 is 2.16. The van der Waals surface area contributed by atoms with Gasteiger partial charge in [0, 0.05) is 42.5 Å². The van der Waals surface area contributed by atoms with Gasteiger partial charge in [0.2, 0.25) is 11.8 Å². The van der Waals surface area contributed by atoms with Gasteiger partial charge in [-0.3, -0.25) is 9.59 Å². The highest BCUT2D eigenvalue weighted by molar-refractivity contribution is 5.90. The summed E-state index contributed by atoms with van der Waals surface area (Å²) in [6.45, 7) is 2.66. The fourth-order valence-electron chi connectivity index (χ4n) is 3.37. The molecule has 110 valence electrons. The summed E-state index contributed by atoms with van der Waals surface area (Å²) in [5.41, 5.74) is 8.77. The molecule has 0 aliphatic carbocycles. The standard InChI is InChI=1S/C16H19N3O2/c1-10-16(12-5-3-4-6-13(12)18(10)2)11-7-15(21)19(8-11)9-14(17)20/h3-6,11H,7-9H2,1-2H3,(H2,17,20). The number of fused-ring (bicyclic) bond motifs is 1. The number of aromatic nitrogens is 1. The topological polar surface area (TPSA) is 68.3 Å². The van der Waals surface area contributed by atoms with Gasteiger partial charge in [-0.25, -0.2) is 0 Å². The van der Waals surface area contributed by atoms with Gasteiger partial charge in [0.25, 0.3) is 0 Å². The first-order valence-electron chi connectivity index (χ1n) is 7.09. The minimum atomic E-state index is -0.460. The number of nitrogens with two attached hydrogens (primary N) is 1. The van der Waals surface area contributed by atoms with Crippen molar-refractivity contribution in [3.63, 3.8) is 0 Å². The van der Waals surface area contributed by atoms with Crippen LogP contribution in [0.4, 0.5) is 0 Å². The Labute approximate surface area is 123 Å². The molecule has 1 atom stereocenters. The van der Waals surface area contributed by atoms with Crippen molar-refractivity contribution in [1.29, 1.82) is 0 Å². The van der Waals surface area contributed by atoms with Gasteiger partial charge < -0.3 is 15.2 Å². The highest BCUT2D eigenvalue weighted by atomic mass is 16.2. The van der Waals surface area contributed by atoms with Gasteiger partial charge in [0.05, 0.1) is 6.54 Å². The molecule has 5 nitrogen and oxygen atoms in total. The van der Waals surface area contributed by atoms with E-state index in [-0.39, 0.29) is 18.4 Å². The molecule has 2 aromatic rings. The van der Waals surface area contributed by atoms with Crippen LogP contribution in [0.15, 0.2) is 24.3 Å². The number of likely N-dealkylation sites (tertiary alicyclic amines) is 1. The van der Waals surface area contributed by atoms with Gasteiger partial charge in [-0.2, -0.15) is 0 Å². The molecule has 5 heteroatoms. The van der Waals surface area contributed by atoms with Crippen LogP contribution in [0, 0.1) is 6.92 Å². The van der Waals surface area contributed by atoms with E-state index in [4.69, 9.17) is 5.73 Å². The Morgan fingerprint density at radius 2 is 2.10 bits per heavy atom. The molecule has 0 bridgehead atoms. The predicted octanol–water partition coefficient (Wildman–Crippen LogP) is 1.29. The van der Waals surface area contributed by atoms with Gasteiger partial charge >= 0.3 is 0 Å². The highest BCUT2D eigenvalue weighted by Crippen LogP contribution is 2.36. The van der Waals surface area contributed by atoms with E-state index in [1.54, 1.807) is 4.90 Å². The molecule has 21 heavy (non-hydrogen) atoms. The molecular weight excluding hydrogens is 266 g/mol. The van der Waals surface area contributed by atoms with Crippen LogP contribution in [0.3, 0.4) is 0 Å². The summed E-state index contributed by atoms with van der Waals surface area (Å²) in [5, 5.41) is 1.19. The summed E-state index contributed by atoms with van der Waals surface area (Å²) in [5.74, 6) is -0.326. The van der Waals surface area contributed by atoms with Crippen molar-refractivity contribution in [3.8, 4) is 0 Å². The molecule has 1 aromatic carbocycles. The van der Waals surface area contributed by atoms with E-state index in [1.807, 2.05) is 19.2 Å². The lowest BCUT2D eigenvalue weighted by Gasteiger charge is -2.14. The monoisotopic (exact) mass is 285 g/mol. The third-order valence-electron chi connectivity index (χ3n) is 4.42. The largest absolute Gasteiger partial charge is 0.368 e. The molecule has 1 saturated heterocycles. The number of para-hydroxylation sites is 1. The second-order valence-electron chi connectivity index (χ2n) is 5.72. The molecule has 2 heterocycles. The predicted molar refractivity (Wildman–Crippen MR) is 80.8 cm³/mol. The molecule has 2 N–H and O–H groups in total. The summed E-state index contributed by atoms with van der Waals surface area (Å²) in [6.07, 6.45) is 0.447. The second-order valence-corrected chi connectivity index (χ2v) is 5.72. The molecule has 1 aliphatic heterocycles. The number of benzene rings is 1. The number of hydrogen-bond acceptors (Lipinski definition) is 2. The van der Waals surface area contributed by atoms with Crippen LogP contribution in [0.25, 0.3) is 10.9 Å². The molecule has 0 spiro atoms. The summed E-state index contributed by atoms with van der Waals surface area (Å²) in [4.78, 5) is 24.7. The van der Waals surface area contributed by atoms with Crippen LogP contribution in [-0.4, -0.2) is 34.4 Å². The van der Waals surface area contributed by atoms with Gasteiger partial charge in [0.1, 0.15) is 0 Å². The first kappa shape index (κ1) is 13.7. The number of carbonyl (C=O) groups excluding carboxylic acids is 2. The smallest absolute Gasteiger partial charge is 0.237 e. The van der Waals surface area contributed by atoms with E-state index in [0.29, 0.717) is 13.0 Å². The maximum Gasteiger partial charge on any atom is 0.237 e. The summed E-state index contributed by atoms with van der Waals surface area (Å²) in [6, 6.07) is 8.22. The van der Waals surface area contributed by atoms with Crippen LogP contribution in [0.1, 0.15) is 23.6 Å². The van der Waals surface area contributed by atoms with Gasteiger partial charge in [-0.05, 0) is 18.6 Å². The molecule has 0 saturated carbocycles. The molecule has 0 radical (unpaired) electrons. The third kappa shape index (κ3) is 2.18. The molecule has 1 aliphatic rings. The van der Waals surface area contributed by atoms with Crippen LogP contribution >= 0.6 is 0 Å².